The van der Waals surface area contributed by atoms with Gasteiger partial charge in [-0.2, -0.15) is 0 Å². The number of aliphatic imine (C=N–C) groups is 1. The topological polar surface area (TPSA) is 32.6 Å². The SMILES string of the molecule is OC(C1=Nc2cc(Br)c(Br)cc2C1)c1ccccc1. The Morgan fingerprint density at radius 3 is 2.47 bits per heavy atom. The van der Waals surface area contributed by atoms with Crippen molar-refractivity contribution in [1.29, 1.82) is 0 Å². The van der Waals surface area contributed by atoms with Gasteiger partial charge in [0, 0.05) is 15.4 Å². The standard InChI is InChI=1S/C15H11Br2NO/c16-11-6-10-7-14(18-13(10)8-12(11)17)15(19)9-4-2-1-3-5-9/h1-6,8,15,19H,7H2. The van der Waals surface area contributed by atoms with Crippen LogP contribution in [0.25, 0.3) is 0 Å². The number of benzene rings is 2. The maximum atomic E-state index is 10.4. The fraction of sp³-hybridized carbons (Fsp3) is 0.133. The van der Waals surface area contributed by atoms with Gasteiger partial charge in [0.2, 0.25) is 0 Å². The van der Waals surface area contributed by atoms with Gasteiger partial charge >= 0.3 is 0 Å². The van der Waals surface area contributed by atoms with E-state index in [-0.39, 0.29) is 0 Å². The molecule has 1 unspecified atom stereocenters. The molecule has 3 rings (SSSR count). The van der Waals surface area contributed by atoms with E-state index < -0.39 is 6.10 Å². The second-order valence-electron chi connectivity index (χ2n) is 4.49. The van der Waals surface area contributed by atoms with Crippen LogP contribution in [0.4, 0.5) is 5.69 Å². The average Bonchev–Trinajstić information content (AvgIpc) is 2.82. The normalized spacial score (nSPS) is 15.0. The van der Waals surface area contributed by atoms with E-state index in [1.54, 1.807) is 0 Å². The number of fused-ring (bicyclic) bond motifs is 1. The second-order valence-corrected chi connectivity index (χ2v) is 6.20. The van der Waals surface area contributed by atoms with Crippen LogP contribution in [0.3, 0.4) is 0 Å². The van der Waals surface area contributed by atoms with E-state index in [0.29, 0.717) is 6.42 Å². The minimum atomic E-state index is -0.633. The highest BCUT2D eigenvalue weighted by Crippen LogP contribution is 2.37. The average molecular weight is 381 g/mol. The number of nitrogens with zero attached hydrogens (tertiary/aromatic N) is 1. The van der Waals surface area contributed by atoms with Crippen LogP contribution in [0.15, 0.2) is 56.4 Å². The number of rotatable bonds is 2. The van der Waals surface area contributed by atoms with E-state index in [2.05, 4.69) is 36.9 Å². The van der Waals surface area contributed by atoms with Gasteiger partial charge in [-0.1, -0.05) is 30.3 Å². The van der Waals surface area contributed by atoms with E-state index in [0.717, 1.165) is 31.5 Å². The van der Waals surface area contributed by atoms with Crippen LogP contribution in [0, 0.1) is 0 Å². The second kappa shape index (κ2) is 5.19. The van der Waals surface area contributed by atoms with Crippen LogP contribution in [0.5, 0.6) is 0 Å². The zero-order valence-corrected chi connectivity index (χ0v) is 13.1. The molecule has 0 aliphatic carbocycles. The zero-order valence-electron chi connectivity index (χ0n) is 9.98. The Morgan fingerprint density at radius 1 is 1.05 bits per heavy atom. The molecule has 2 aromatic carbocycles. The first-order valence-corrected chi connectivity index (χ1v) is 7.52. The van der Waals surface area contributed by atoms with E-state index in [9.17, 15) is 5.11 Å². The summed E-state index contributed by atoms with van der Waals surface area (Å²) in [7, 11) is 0. The molecule has 2 nitrogen and oxygen atoms in total. The number of hydrogen-bond acceptors (Lipinski definition) is 2. The van der Waals surface area contributed by atoms with Gasteiger partial charge < -0.3 is 5.11 Å². The van der Waals surface area contributed by atoms with E-state index in [4.69, 9.17) is 0 Å². The number of halogens is 2. The van der Waals surface area contributed by atoms with Gasteiger partial charge in [0.15, 0.2) is 0 Å². The molecule has 4 heteroatoms. The lowest BCUT2D eigenvalue weighted by Gasteiger charge is -2.10. The minimum absolute atomic E-state index is 0.633. The van der Waals surface area contributed by atoms with Crippen LogP contribution in [0.2, 0.25) is 0 Å². The number of aliphatic hydroxyl groups excluding tert-OH is 1. The molecule has 0 radical (unpaired) electrons. The maximum Gasteiger partial charge on any atom is 0.117 e. The first-order valence-electron chi connectivity index (χ1n) is 5.93. The van der Waals surface area contributed by atoms with Crippen LogP contribution in [-0.2, 0) is 6.42 Å². The van der Waals surface area contributed by atoms with Crippen LogP contribution in [0.1, 0.15) is 17.2 Å². The molecule has 1 aliphatic heterocycles. The molecule has 0 fully saturated rings. The molecule has 2 aromatic rings. The molecular weight excluding hydrogens is 370 g/mol. The number of aliphatic hydroxyl groups is 1. The van der Waals surface area contributed by atoms with E-state index in [1.165, 1.54) is 0 Å². The smallest absolute Gasteiger partial charge is 0.117 e. The van der Waals surface area contributed by atoms with Crippen LogP contribution < -0.4 is 0 Å². The highest BCUT2D eigenvalue weighted by atomic mass is 79.9. The predicted octanol–water partition coefficient (Wildman–Crippen LogP) is 4.57. The lowest BCUT2D eigenvalue weighted by atomic mass is 10.0. The van der Waals surface area contributed by atoms with Gasteiger partial charge in [-0.25, -0.2) is 0 Å². The fourth-order valence-electron chi connectivity index (χ4n) is 2.20. The first-order chi connectivity index (χ1) is 9.15. The molecule has 0 bridgehead atoms. The molecule has 1 aliphatic rings. The summed E-state index contributed by atoms with van der Waals surface area (Å²) in [5.74, 6) is 0. The van der Waals surface area contributed by atoms with Crippen molar-refractivity contribution in [2.75, 3.05) is 0 Å². The molecule has 1 atom stereocenters. The van der Waals surface area contributed by atoms with Gasteiger partial charge in [0.1, 0.15) is 6.10 Å². The third kappa shape index (κ3) is 2.53. The van der Waals surface area contributed by atoms with Crippen molar-refractivity contribution >= 4 is 43.3 Å². The lowest BCUT2D eigenvalue weighted by Crippen LogP contribution is -2.11. The monoisotopic (exact) mass is 379 g/mol. The van der Waals surface area contributed by atoms with Gasteiger partial charge in [-0.15, -0.1) is 0 Å². The van der Waals surface area contributed by atoms with Crippen molar-refractivity contribution in [1.82, 2.24) is 0 Å². The lowest BCUT2D eigenvalue weighted by molar-refractivity contribution is 0.246. The minimum Gasteiger partial charge on any atom is -0.382 e. The largest absolute Gasteiger partial charge is 0.382 e. The summed E-state index contributed by atoms with van der Waals surface area (Å²) < 4.78 is 1.99. The van der Waals surface area contributed by atoms with Crippen molar-refractivity contribution in [3.05, 3.63) is 62.5 Å². The summed E-state index contributed by atoms with van der Waals surface area (Å²) in [5.41, 5.74) is 3.75. The molecule has 0 saturated carbocycles. The summed E-state index contributed by atoms with van der Waals surface area (Å²) in [6.07, 6.45) is 0.0585. The van der Waals surface area contributed by atoms with Crippen LogP contribution >= 0.6 is 31.9 Å². The van der Waals surface area contributed by atoms with Crippen molar-refractivity contribution in [2.45, 2.75) is 12.5 Å². The molecule has 96 valence electrons. The Morgan fingerprint density at radius 2 is 1.74 bits per heavy atom. The summed E-state index contributed by atoms with van der Waals surface area (Å²) in [6, 6.07) is 13.7. The first kappa shape index (κ1) is 13.0. The number of hydrogen-bond donors (Lipinski definition) is 1. The van der Waals surface area contributed by atoms with E-state index in [1.807, 2.05) is 42.5 Å². The van der Waals surface area contributed by atoms with Crippen LogP contribution in [-0.4, -0.2) is 10.8 Å². The summed E-state index contributed by atoms with van der Waals surface area (Å²) in [4.78, 5) is 4.55. The Labute approximate surface area is 128 Å². The Kier molecular flexibility index (Phi) is 3.56. The Bertz CT molecular complexity index is 653. The van der Waals surface area contributed by atoms with Gasteiger partial charge in [0.05, 0.1) is 11.4 Å². The Hall–Kier alpha value is -0.970. The third-order valence-corrected chi connectivity index (χ3v) is 5.03. The van der Waals surface area contributed by atoms with Gasteiger partial charge in [0.25, 0.3) is 0 Å². The molecule has 1 heterocycles. The highest BCUT2D eigenvalue weighted by Gasteiger charge is 2.22. The van der Waals surface area contributed by atoms with Crippen molar-refractivity contribution in [3.8, 4) is 0 Å². The fourth-order valence-corrected chi connectivity index (χ4v) is 2.92. The van der Waals surface area contributed by atoms with Gasteiger partial charge in [-0.3, -0.25) is 4.99 Å². The van der Waals surface area contributed by atoms with Crippen molar-refractivity contribution < 1.29 is 5.11 Å². The summed E-state index contributed by atoms with van der Waals surface area (Å²) in [5, 5.41) is 10.4. The molecule has 0 spiro atoms. The van der Waals surface area contributed by atoms with Crippen molar-refractivity contribution in [3.63, 3.8) is 0 Å². The zero-order chi connectivity index (χ0) is 13.4. The molecule has 0 saturated heterocycles. The summed E-state index contributed by atoms with van der Waals surface area (Å²) >= 11 is 6.96. The van der Waals surface area contributed by atoms with Gasteiger partial charge in [-0.05, 0) is 55.1 Å². The molecule has 1 N–H and O–H groups in total. The highest BCUT2D eigenvalue weighted by molar-refractivity contribution is 9.13. The maximum absolute atomic E-state index is 10.4. The Balaban J connectivity index is 1.92. The molecule has 0 amide bonds. The predicted molar refractivity (Wildman–Crippen MR) is 84.0 cm³/mol. The summed E-state index contributed by atoms with van der Waals surface area (Å²) in [6.45, 7) is 0. The van der Waals surface area contributed by atoms with E-state index >= 15 is 0 Å². The molecular formula is C15H11Br2NO. The van der Waals surface area contributed by atoms with Crippen molar-refractivity contribution in [2.24, 2.45) is 4.99 Å². The third-order valence-electron chi connectivity index (χ3n) is 3.19. The molecule has 0 aromatic heterocycles. The quantitative estimate of drug-likeness (QED) is 0.812. The molecule has 19 heavy (non-hydrogen) atoms.